The lowest BCUT2D eigenvalue weighted by Crippen LogP contribution is -2.08. The van der Waals surface area contributed by atoms with Crippen LogP contribution < -0.4 is 0 Å². The first kappa shape index (κ1) is 15.6. The van der Waals surface area contributed by atoms with Crippen molar-refractivity contribution in [2.75, 3.05) is 0 Å². The van der Waals surface area contributed by atoms with Gasteiger partial charge >= 0.3 is 0 Å². The molecule has 90 valence electrons. The molecule has 0 N–H and O–H groups in total. The van der Waals surface area contributed by atoms with E-state index in [1.165, 1.54) is 12.1 Å². The predicted molar refractivity (Wildman–Crippen MR) is 74.9 cm³/mol. The van der Waals surface area contributed by atoms with E-state index in [1.807, 2.05) is 0 Å². The van der Waals surface area contributed by atoms with Gasteiger partial charge in [0.15, 0.2) is 0 Å². The number of rotatable bonds is 0. The average Bonchev–Trinajstić information content (AvgIpc) is 2.04. The molecule has 0 nitrogen and oxygen atoms in total. The van der Waals surface area contributed by atoms with Crippen molar-refractivity contribution in [2.24, 2.45) is 0 Å². The maximum atomic E-state index is 5.98. The largest absolute Gasteiger partial charge is 0.217 e. The van der Waals surface area contributed by atoms with Crippen LogP contribution in [0.15, 0.2) is 12.1 Å². The minimum absolute atomic E-state index is 0.0596. The lowest BCUT2D eigenvalue weighted by atomic mass is 10.1. The molecule has 0 radical (unpaired) electrons. The van der Waals surface area contributed by atoms with Crippen molar-refractivity contribution >= 4 is 92.8 Å². The molecule has 1 aromatic rings. The maximum Gasteiger partial charge on any atom is 0.217 e. The third-order valence-corrected chi connectivity index (χ3v) is 3.50. The summed E-state index contributed by atoms with van der Waals surface area (Å²) in [5, 5.41) is 0.316. The molecule has 0 unspecified atom stereocenters. The summed E-state index contributed by atoms with van der Waals surface area (Å²) in [5.74, 6) is 0. The number of hydrogen-bond donors (Lipinski definition) is 0. The van der Waals surface area contributed by atoms with Crippen LogP contribution in [0, 0.1) is 0 Å². The molecule has 0 amide bonds. The van der Waals surface area contributed by atoms with Crippen LogP contribution in [0.25, 0.3) is 0 Å². The highest BCUT2D eigenvalue weighted by Crippen LogP contribution is 2.49. The van der Waals surface area contributed by atoms with E-state index >= 15 is 0 Å². The fourth-order valence-corrected chi connectivity index (χ4v) is 2.80. The van der Waals surface area contributed by atoms with Gasteiger partial charge in [0.05, 0.1) is 5.02 Å². The van der Waals surface area contributed by atoms with Gasteiger partial charge in [-0.15, -0.1) is 0 Å². The lowest BCUT2D eigenvalue weighted by Gasteiger charge is -2.20. The van der Waals surface area contributed by atoms with Crippen molar-refractivity contribution < 1.29 is 0 Å². The lowest BCUT2D eigenvalue weighted by molar-refractivity contribution is 1.17. The van der Waals surface area contributed by atoms with Crippen LogP contribution in [-0.2, 0) is 7.59 Å². The smallest absolute Gasteiger partial charge is 0.0843 e. The van der Waals surface area contributed by atoms with Crippen LogP contribution in [0.5, 0.6) is 0 Å². The van der Waals surface area contributed by atoms with Gasteiger partial charge in [0.25, 0.3) is 0 Å². The van der Waals surface area contributed by atoms with Gasteiger partial charge in [0, 0.05) is 16.1 Å². The molecule has 16 heavy (non-hydrogen) atoms. The summed E-state index contributed by atoms with van der Waals surface area (Å²) >= 11 is 46.1. The van der Waals surface area contributed by atoms with Crippen molar-refractivity contribution in [1.82, 2.24) is 0 Å². The van der Waals surface area contributed by atoms with Gasteiger partial charge in [0.2, 0.25) is 7.59 Å². The minimum atomic E-state index is -1.74. The molecule has 0 atom stereocenters. The molecular formula is C8H2Cl8. The molecule has 1 rings (SSSR count). The summed E-state index contributed by atoms with van der Waals surface area (Å²) in [6.45, 7) is 0. The topological polar surface area (TPSA) is 0 Å². The summed E-state index contributed by atoms with van der Waals surface area (Å²) in [6, 6.07) is 2.80. The molecule has 0 aliphatic rings. The van der Waals surface area contributed by atoms with Gasteiger partial charge in [0.1, 0.15) is 0 Å². The highest BCUT2D eigenvalue weighted by atomic mass is 35.6. The number of hydrogen-bond acceptors (Lipinski definition) is 0. The number of halogens is 8. The van der Waals surface area contributed by atoms with Crippen molar-refractivity contribution in [3.63, 3.8) is 0 Å². The number of alkyl halides is 6. The predicted octanol–water partition coefficient (Wildman–Crippen LogP) is 6.65. The Balaban J connectivity index is 3.51. The Morgan fingerprint density at radius 1 is 0.688 bits per heavy atom. The summed E-state index contributed by atoms with van der Waals surface area (Å²) in [6.07, 6.45) is 0. The van der Waals surface area contributed by atoms with Gasteiger partial charge in [-0.25, -0.2) is 0 Å². The highest BCUT2D eigenvalue weighted by molar-refractivity contribution is 6.68. The van der Waals surface area contributed by atoms with E-state index in [0.29, 0.717) is 0 Å². The second-order valence-electron chi connectivity index (χ2n) is 2.81. The van der Waals surface area contributed by atoms with E-state index < -0.39 is 7.59 Å². The molecule has 8 heteroatoms. The van der Waals surface area contributed by atoms with Crippen LogP contribution in [0.3, 0.4) is 0 Å². The normalized spacial score (nSPS) is 13.0. The van der Waals surface area contributed by atoms with Gasteiger partial charge in [-0.2, -0.15) is 0 Å². The first-order chi connectivity index (χ1) is 7.03. The van der Waals surface area contributed by atoms with Crippen LogP contribution >= 0.6 is 92.8 Å². The van der Waals surface area contributed by atoms with E-state index in [4.69, 9.17) is 92.8 Å². The van der Waals surface area contributed by atoms with E-state index in [0.717, 1.165) is 0 Å². The fourth-order valence-electron chi connectivity index (χ4n) is 1.00. The Hall–Kier alpha value is 1.54. The Bertz CT molecular complexity index is 364. The van der Waals surface area contributed by atoms with Crippen LogP contribution in [-0.4, -0.2) is 0 Å². The Labute approximate surface area is 133 Å². The van der Waals surface area contributed by atoms with Gasteiger partial charge in [-0.3, -0.25) is 0 Å². The number of benzene rings is 1. The molecule has 0 saturated carbocycles. The van der Waals surface area contributed by atoms with Crippen LogP contribution in [0.4, 0.5) is 0 Å². The molecule has 0 bridgehead atoms. The molecule has 0 aliphatic heterocycles. The molecule has 0 saturated heterocycles. The third kappa shape index (κ3) is 3.76. The van der Waals surface area contributed by atoms with Crippen molar-refractivity contribution in [2.45, 2.75) is 7.59 Å². The first-order valence-electron chi connectivity index (χ1n) is 3.67. The SMILES string of the molecule is Clc1cc(C(Cl)(Cl)Cl)c(Cl)c(C(Cl)(Cl)Cl)c1. The van der Waals surface area contributed by atoms with Crippen molar-refractivity contribution in [1.29, 1.82) is 0 Å². The Morgan fingerprint density at radius 2 is 1.00 bits per heavy atom. The standard InChI is InChI=1S/C8H2Cl8/c9-3-1-4(7(11,12)13)6(10)5(2-3)8(14,15)16/h1-2H. The zero-order valence-electron chi connectivity index (χ0n) is 7.18. The molecular weight excluding hydrogens is 380 g/mol. The zero-order valence-corrected chi connectivity index (χ0v) is 13.2. The Kier molecular flexibility index (Phi) is 5.13. The van der Waals surface area contributed by atoms with Crippen molar-refractivity contribution in [3.8, 4) is 0 Å². The summed E-state index contributed by atoms with van der Waals surface area (Å²) < 4.78 is -3.49. The van der Waals surface area contributed by atoms with Crippen LogP contribution in [0.2, 0.25) is 10.0 Å². The molecule has 0 spiro atoms. The maximum absolute atomic E-state index is 5.98. The van der Waals surface area contributed by atoms with E-state index in [1.54, 1.807) is 0 Å². The highest BCUT2D eigenvalue weighted by Gasteiger charge is 2.33. The van der Waals surface area contributed by atoms with E-state index in [-0.39, 0.29) is 21.2 Å². The third-order valence-electron chi connectivity index (χ3n) is 1.65. The van der Waals surface area contributed by atoms with Gasteiger partial charge in [-0.1, -0.05) is 92.8 Å². The summed E-state index contributed by atoms with van der Waals surface area (Å²) in [4.78, 5) is 0. The van der Waals surface area contributed by atoms with Gasteiger partial charge in [-0.05, 0) is 12.1 Å². The van der Waals surface area contributed by atoms with Crippen molar-refractivity contribution in [3.05, 3.63) is 33.3 Å². The van der Waals surface area contributed by atoms with E-state index in [2.05, 4.69) is 0 Å². The summed E-state index contributed by atoms with van der Waals surface area (Å²) in [7, 11) is 0. The molecule has 0 aromatic heterocycles. The molecule has 1 aromatic carbocycles. The zero-order chi connectivity index (χ0) is 12.7. The average molecular weight is 382 g/mol. The minimum Gasteiger partial charge on any atom is -0.0843 e. The second-order valence-corrected chi connectivity index (χ2v) is 8.19. The summed E-state index contributed by atoms with van der Waals surface area (Å²) in [5.41, 5.74) is 0.320. The van der Waals surface area contributed by atoms with Gasteiger partial charge < -0.3 is 0 Å². The second kappa shape index (κ2) is 5.27. The molecule has 0 fully saturated rings. The Morgan fingerprint density at radius 3 is 1.25 bits per heavy atom. The first-order valence-corrected chi connectivity index (χ1v) is 6.69. The van der Waals surface area contributed by atoms with E-state index in [9.17, 15) is 0 Å². The van der Waals surface area contributed by atoms with Crippen LogP contribution in [0.1, 0.15) is 11.1 Å². The quantitative estimate of drug-likeness (QED) is 0.441. The molecule has 0 aliphatic carbocycles. The fraction of sp³-hybridized carbons (Fsp3) is 0.250. The molecule has 0 heterocycles. The monoisotopic (exact) mass is 378 g/mol.